The third-order valence-corrected chi connectivity index (χ3v) is 3.97. The SMILES string of the molecule is COc1cc(OC)c(C2NC(=O)NC(C)=C2C(N)=O)cc1Br. The van der Waals surface area contributed by atoms with Gasteiger partial charge in [-0.2, -0.15) is 0 Å². The molecule has 7 nitrogen and oxygen atoms in total. The number of ether oxygens (including phenoxy) is 2. The summed E-state index contributed by atoms with van der Waals surface area (Å²) in [6, 6.07) is 2.27. The summed E-state index contributed by atoms with van der Waals surface area (Å²) in [7, 11) is 3.03. The summed E-state index contributed by atoms with van der Waals surface area (Å²) in [6.07, 6.45) is 0. The van der Waals surface area contributed by atoms with Crippen LogP contribution in [0.15, 0.2) is 27.9 Å². The molecular weight excluding hydrogens is 354 g/mol. The van der Waals surface area contributed by atoms with Crippen molar-refractivity contribution in [1.29, 1.82) is 0 Å². The van der Waals surface area contributed by atoms with Gasteiger partial charge in [0.05, 0.1) is 30.3 Å². The number of halogens is 1. The zero-order chi connectivity index (χ0) is 16.4. The molecule has 1 aliphatic heterocycles. The minimum atomic E-state index is -0.705. The summed E-state index contributed by atoms with van der Waals surface area (Å²) in [4.78, 5) is 23.5. The summed E-state index contributed by atoms with van der Waals surface area (Å²) < 4.78 is 11.2. The molecule has 0 saturated heterocycles. The number of allylic oxidation sites excluding steroid dienone is 1. The number of urea groups is 1. The molecule has 1 aromatic rings. The highest BCUT2D eigenvalue weighted by molar-refractivity contribution is 9.10. The maximum absolute atomic E-state index is 11.8. The minimum Gasteiger partial charge on any atom is -0.496 e. The number of primary amides is 1. The molecule has 1 heterocycles. The minimum absolute atomic E-state index is 0.273. The molecule has 4 N–H and O–H groups in total. The number of nitrogens with two attached hydrogens (primary N) is 1. The summed E-state index contributed by atoms with van der Waals surface area (Å²) >= 11 is 3.38. The van der Waals surface area contributed by atoms with Crippen LogP contribution < -0.4 is 25.8 Å². The van der Waals surface area contributed by atoms with Gasteiger partial charge < -0.3 is 25.8 Å². The molecule has 0 aromatic heterocycles. The molecule has 118 valence electrons. The fraction of sp³-hybridized carbons (Fsp3) is 0.286. The second kappa shape index (κ2) is 6.27. The first kappa shape index (κ1) is 16.2. The van der Waals surface area contributed by atoms with Crippen LogP contribution in [-0.2, 0) is 4.79 Å². The van der Waals surface area contributed by atoms with Crippen molar-refractivity contribution in [3.63, 3.8) is 0 Å². The van der Waals surface area contributed by atoms with E-state index in [-0.39, 0.29) is 5.57 Å². The lowest BCUT2D eigenvalue weighted by atomic mass is 9.94. The van der Waals surface area contributed by atoms with Crippen molar-refractivity contribution in [2.45, 2.75) is 13.0 Å². The number of hydrogen-bond acceptors (Lipinski definition) is 4. The van der Waals surface area contributed by atoms with Crippen molar-refractivity contribution in [2.75, 3.05) is 14.2 Å². The Morgan fingerprint density at radius 3 is 2.45 bits per heavy atom. The molecule has 1 aliphatic rings. The van der Waals surface area contributed by atoms with Gasteiger partial charge >= 0.3 is 6.03 Å². The number of benzene rings is 1. The van der Waals surface area contributed by atoms with Crippen LogP contribution >= 0.6 is 15.9 Å². The van der Waals surface area contributed by atoms with Gasteiger partial charge in [-0.05, 0) is 28.9 Å². The Labute approximate surface area is 136 Å². The highest BCUT2D eigenvalue weighted by Crippen LogP contribution is 2.39. The van der Waals surface area contributed by atoms with Crippen LogP contribution in [0.4, 0.5) is 4.79 Å². The van der Waals surface area contributed by atoms with E-state index in [1.165, 1.54) is 14.2 Å². The van der Waals surface area contributed by atoms with Gasteiger partial charge in [0, 0.05) is 17.3 Å². The van der Waals surface area contributed by atoms with Crippen LogP contribution in [0.5, 0.6) is 11.5 Å². The molecule has 2 rings (SSSR count). The van der Waals surface area contributed by atoms with E-state index < -0.39 is 18.0 Å². The molecule has 22 heavy (non-hydrogen) atoms. The molecule has 0 saturated carbocycles. The van der Waals surface area contributed by atoms with Crippen LogP contribution in [0.2, 0.25) is 0 Å². The first-order valence-corrected chi connectivity index (χ1v) is 7.17. The Morgan fingerprint density at radius 2 is 1.91 bits per heavy atom. The number of rotatable bonds is 4. The maximum Gasteiger partial charge on any atom is 0.319 e. The molecule has 0 radical (unpaired) electrons. The summed E-state index contributed by atoms with van der Waals surface area (Å²) in [5.41, 5.74) is 6.73. The molecule has 0 fully saturated rings. The Balaban J connectivity index is 2.62. The molecule has 0 spiro atoms. The number of hydrogen-bond donors (Lipinski definition) is 3. The van der Waals surface area contributed by atoms with E-state index >= 15 is 0 Å². The fourth-order valence-corrected chi connectivity index (χ4v) is 2.89. The normalized spacial score (nSPS) is 17.6. The number of methoxy groups -OCH3 is 2. The predicted molar refractivity (Wildman–Crippen MR) is 83.5 cm³/mol. The van der Waals surface area contributed by atoms with Crippen LogP contribution in [0.1, 0.15) is 18.5 Å². The average Bonchev–Trinajstić information content (AvgIpc) is 2.45. The molecular formula is C14H16BrN3O4. The van der Waals surface area contributed by atoms with Gasteiger partial charge in [0.2, 0.25) is 5.91 Å². The van der Waals surface area contributed by atoms with Crippen LogP contribution in [0.3, 0.4) is 0 Å². The number of amides is 3. The van der Waals surface area contributed by atoms with Crippen molar-refractivity contribution in [3.05, 3.63) is 33.4 Å². The van der Waals surface area contributed by atoms with E-state index in [1.807, 2.05) is 0 Å². The molecule has 0 bridgehead atoms. The molecule has 3 amide bonds. The summed E-state index contributed by atoms with van der Waals surface area (Å²) in [5.74, 6) is 0.421. The Kier molecular flexibility index (Phi) is 4.60. The quantitative estimate of drug-likeness (QED) is 0.749. The van der Waals surface area contributed by atoms with Crippen molar-refractivity contribution in [2.24, 2.45) is 5.73 Å². The molecule has 0 aliphatic carbocycles. The number of carbonyl (C=O) groups excluding carboxylic acids is 2. The molecule has 1 atom stereocenters. The summed E-state index contributed by atoms with van der Waals surface area (Å²) in [5, 5.41) is 5.22. The lowest BCUT2D eigenvalue weighted by Crippen LogP contribution is -2.46. The highest BCUT2D eigenvalue weighted by Gasteiger charge is 2.32. The Bertz CT molecular complexity index is 672. The highest BCUT2D eigenvalue weighted by atomic mass is 79.9. The Hall–Kier alpha value is -2.22. The zero-order valence-corrected chi connectivity index (χ0v) is 13.9. The van der Waals surface area contributed by atoms with Crippen LogP contribution in [0, 0.1) is 0 Å². The van der Waals surface area contributed by atoms with Gasteiger partial charge in [-0.3, -0.25) is 4.79 Å². The second-order valence-corrected chi connectivity index (χ2v) is 5.52. The van der Waals surface area contributed by atoms with Crippen molar-refractivity contribution in [3.8, 4) is 11.5 Å². The largest absolute Gasteiger partial charge is 0.496 e. The second-order valence-electron chi connectivity index (χ2n) is 4.66. The monoisotopic (exact) mass is 369 g/mol. The van der Waals surface area contributed by atoms with Gasteiger partial charge in [0.25, 0.3) is 0 Å². The number of nitrogens with one attached hydrogen (secondary N) is 2. The lowest BCUT2D eigenvalue weighted by Gasteiger charge is -2.29. The molecule has 1 unspecified atom stereocenters. The van der Waals surface area contributed by atoms with E-state index in [1.54, 1.807) is 19.1 Å². The van der Waals surface area contributed by atoms with E-state index in [0.717, 1.165) is 0 Å². The van der Waals surface area contributed by atoms with Crippen molar-refractivity contribution < 1.29 is 19.1 Å². The van der Waals surface area contributed by atoms with Crippen LogP contribution in [-0.4, -0.2) is 26.2 Å². The maximum atomic E-state index is 11.8. The molecule has 8 heteroatoms. The zero-order valence-electron chi connectivity index (χ0n) is 12.3. The Morgan fingerprint density at radius 1 is 1.27 bits per heavy atom. The van der Waals surface area contributed by atoms with Gasteiger partial charge in [-0.1, -0.05) is 0 Å². The fourth-order valence-electron chi connectivity index (χ4n) is 2.36. The molecule has 1 aromatic carbocycles. The third kappa shape index (κ3) is 2.87. The van der Waals surface area contributed by atoms with Gasteiger partial charge in [-0.15, -0.1) is 0 Å². The van der Waals surface area contributed by atoms with E-state index in [4.69, 9.17) is 15.2 Å². The average molecular weight is 370 g/mol. The van der Waals surface area contributed by atoms with Crippen molar-refractivity contribution in [1.82, 2.24) is 10.6 Å². The predicted octanol–water partition coefficient (Wildman–Crippen LogP) is 1.58. The smallest absolute Gasteiger partial charge is 0.319 e. The standard InChI is InChI=1S/C14H16BrN3O4/c1-6-11(13(16)19)12(18-14(20)17-6)7-4-8(15)10(22-3)5-9(7)21-2/h4-5,12H,1-3H3,(H2,16,19)(H2,17,18,20). The number of carbonyl (C=O) groups is 2. The van der Waals surface area contributed by atoms with Crippen molar-refractivity contribution >= 4 is 27.9 Å². The van der Waals surface area contributed by atoms with E-state index in [0.29, 0.717) is 27.2 Å². The van der Waals surface area contributed by atoms with Gasteiger partial charge in [-0.25, -0.2) is 4.79 Å². The van der Waals surface area contributed by atoms with E-state index in [2.05, 4.69) is 26.6 Å². The van der Waals surface area contributed by atoms with E-state index in [9.17, 15) is 9.59 Å². The summed E-state index contributed by atoms with van der Waals surface area (Å²) in [6.45, 7) is 1.62. The first-order chi connectivity index (χ1) is 10.4. The first-order valence-electron chi connectivity index (χ1n) is 6.38. The van der Waals surface area contributed by atoms with Gasteiger partial charge in [0.15, 0.2) is 0 Å². The van der Waals surface area contributed by atoms with Gasteiger partial charge in [0.1, 0.15) is 11.5 Å². The lowest BCUT2D eigenvalue weighted by molar-refractivity contribution is -0.115. The van der Waals surface area contributed by atoms with Crippen LogP contribution in [0.25, 0.3) is 0 Å². The third-order valence-electron chi connectivity index (χ3n) is 3.35. The topological polar surface area (TPSA) is 103 Å².